The van der Waals surface area contributed by atoms with E-state index in [-0.39, 0.29) is 0 Å². The van der Waals surface area contributed by atoms with E-state index < -0.39 is 0 Å². The predicted molar refractivity (Wildman–Crippen MR) is 84.5 cm³/mol. The van der Waals surface area contributed by atoms with Gasteiger partial charge >= 0.3 is 0 Å². The van der Waals surface area contributed by atoms with Crippen LogP contribution in [0.3, 0.4) is 0 Å². The Morgan fingerprint density at radius 1 is 0.778 bits per heavy atom. The van der Waals surface area contributed by atoms with Crippen LogP contribution in [0.2, 0.25) is 0 Å². The van der Waals surface area contributed by atoms with Crippen LogP contribution < -0.4 is 0 Å². The molecule has 0 heterocycles. The summed E-state index contributed by atoms with van der Waals surface area (Å²) < 4.78 is 0. The van der Waals surface area contributed by atoms with E-state index in [1.165, 1.54) is 70.0 Å². The number of carbonyl (C=O) groups is 1. The Kier molecular flexibility index (Phi) is 15.1. The monoisotopic (exact) mass is 272 g/mol. The highest BCUT2D eigenvalue weighted by atomic mass is 32.2. The smallest absolute Gasteiger partial charge is 0.142 e. The zero-order chi connectivity index (χ0) is 13.5. The first-order valence-electron chi connectivity index (χ1n) is 7.90. The zero-order valence-electron chi connectivity index (χ0n) is 12.5. The summed E-state index contributed by atoms with van der Waals surface area (Å²) in [5.41, 5.74) is 0. The summed E-state index contributed by atoms with van der Waals surface area (Å²) in [6.07, 6.45) is 14.6. The first-order valence-corrected chi connectivity index (χ1v) is 9.06. The van der Waals surface area contributed by atoms with Crippen molar-refractivity contribution in [3.63, 3.8) is 0 Å². The lowest BCUT2D eigenvalue weighted by Gasteiger charge is -2.02. The van der Waals surface area contributed by atoms with Gasteiger partial charge in [0, 0.05) is 6.42 Å². The van der Waals surface area contributed by atoms with Gasteiger partial charge in [-0.2, -0.15) is 11.8 Å². The van der Waals surface area contributed by atoms with Crippen LogP contribution >= 0.6 is 11.8 Å². The van der Waals surface area contributed by atoms with Crippen molar-refractivity contribution in [3.8, 4) is 0 Å². The van der Waals surface area contributed by atoms with E-state index in [0.717, 1.165) is 5.75 Å². The molecule has 108 valence electrons. The number of hydrogen-bond donors (Lipinski definition) is 0. The molecule has 0 aliphatic carbocycles. The van der Waals surface area contributed by atoms with Gasteiger partial charge in [0.1, 0.15) is 5.78 Å². The Morgan fingerprint density at radius 3 is 1.78 bits per heavy atom. The van der Waals surface area contributed by atoms with Gasteiger partial charge in [0.25, 0.3) is 0 Å². The maximum atomic E-state index is 11.1. The summed E-state index contributed by atoms with van der Waals surface area (Å²) in [4.78, 5) is 11.1. The molecule has 2 heteroatoms. The molecule has 0 saturated carbocycles. The third-order valence-electron chi connectivity index (χ3n) is 3.30. The molecule has 0 unspecified atom stereocenters. The van der Waals surface area contributed by atoms with Gasteiger partial charge in [-0.3, -0.25) is 4.79 Å². The van der Waals surface area contributed by atoms with Crippen LogP contribution in [0.25, 0.3) is 0 Å². The SMILES string of the molecule is CCCCCCCCCCCCSCC(=O)CC. The molecule has 0 aromatic heterocycles. The molecule has 0 rings (SSSR count). The van der Waals surface area contributed by atoms with Crippen molar-refractivity contribution in [2.75, 3.05) is 11.5 Å². The van der Waals surface area contributed by atoms with Gasteiger partial charge in [0.2, 0.25) is 0 Å². The lowest BCUT2D eigenvalue weighted by Crippen LogP contribution is -1.99. The first-order chi connectivity index (χ1) is 8.81. The number of rotatable bonds is 14. The van der Waals surface area contributed by atoms with Crippen molar-refractivity contribution in [1.82, 2.24) is 0 Å². The van der Waals surface area contributed by atoms with Gasteiger partial charge in [-0.25, -0.2) is 0 Å². The molecule has 0 amide bonds. The lowest BCUT2D eigenvalue weighted by molar-refractivity contribution is -0.116. The number of ketones is 1. The van der Waals surface area contributed by atoms with E-state index in [4.69, 9.17) is 0 Å². The number of unbranched alkanes of at least 4 members (excludes halogenated alkanes) is 9. The highest BCUT2D eigenvalue weighted by Crippen LogP contribution is 2.12. The van der Waals surface area contributed by atoms with Gasteiger partial charge in [0.15, 0.2) is 0 Å². The highest BCUT2D eigenvalue weighted by molar-refractivity contribution is 7.99. The van der Waals surface area contributed by atoms with E-state index in [2.05, 4.69) is 6.92 Å². The maximum absolute atomic E-state index is 11.1. The summed E-state index contributed by atoms with van der Waals surface area (Å²) in [7, 11) is 0. The summed E-state index contributed by atoms with van der Waals surface area (Å²) in [5, 5.41) is 0. The molecule has 0 aliphatic rings. The van der Waals surface area contributed by atoms with Crippen LogP contribution in [0.1, 0.15) is 84.5 Å². The number of carbonyl (C=O) groups excluding carboxylic acids is 1. The Labute approximate surface area is 118 Å². The second-order valence-corrected chi connectivity index (χ2v) is 6.23. The third kappa shape index (κ3) is 14.1. The Hall–Kier alpha value is 0.0200. The van der Waals surface area contributed by atoms with Crippen molar-refractivity contribution >= 4 is 17.5 Å². The normalized spacial score (nSPS) is 10.8. The molecule has 0 aromatic rings. The zero-order valence-corrected chi connectivity index (χ0v) is 13.3. The first kappa shape index (κ1) is 18.0. The van der Waals surface area contributed by atoms with Gasteiger partial charge in [-0.15, -0.1) is 0 Å². The Bertz CT molecular complexity index is 180. The molecule has 0 spiro atoms. The van der Waals surface area contributed by atoms with Crippen molar-refractivity contribution < 1.29 is 4.79 Å². The van der Waals surface area contributed by atoms with Crippen LogP contribution in [-0.4, -0.2) is 17.3 Å². The topological polar surface area (TPSA) is 17.1 Å². The standard InChI is InChI=1S/C16H32OS/c1-3-5-6-7-8-9-10-11-12-13-14-18-15-16(17)4-2/h3-15H2,1-2H3. The van der Waals surface area contributed by atoms with Crippen LogP contribution in [0.4, 0.5) is 0 Å². The third-order valence-corrected chi connectivity index (χ3v) is 4.40. The number of Topliss-reactive ketones (excluding diaryl/α,β-unsaturated/α-hetero) is 1. The molecule has 0 atom stereocenters. The minimum atomic E-state index is 0.395. The summed E-state index contributed by atoms with van der Waals surface area (Å²) in [6.45, 7) is 4.22. The van der Waals surface area contributed by atoms with Gasteiger partial charge in [0.05, 0.1) is 5.75 Å². The van der Waals surface area contributed by atoms with E-state index in [9.17, 15) is 4.79 Å². The van der Waals surface area contributed by atoms with Crippen LogP contribution in [-0.2, 0) is 4.79 Å². The molecule has 18 heavy (non-hydrogen) atoms. The van der Waals surface area contributed by atoms with Crippen molar-refractivity contribution in [2.24, 2.45) is 0 Å². The molecule has 0 aromatic carbocycles. The van der Waals surface area contributed by atoms with Gasteiger partial charge in [-0.1, -0.05) is 71.6 Å². The Balaban J connectivity index is 2.97. The summed E-state index contributed by atoms with van der Waals surface area (Å²) >= 11 is 1.81. The fraction of sp³-hybridized carbons (Fsp3) is 0.938. The molecular weight excluding hydrogens is 240 g/mol. The molecule has 0 bridgehead atoms. The second-order valence-electron chi connectivity index (χ2n) is 5.13. The molecule has 0 fully saturated rings. The summed E-state index contributed by atoms with van der Waals surface area (Å²) in [5.74, 6) is 2.29. The molecule has 0 aliphatic heterocycles. The van der Waals surface area contributed by atoms with Crippen LogP contribution in [0, 0.1) is 0 Å². The average Bonchev–Trinajstić information content (AvgIpc) is 2.39. The molecular formula is C16H32OS. The maximum Gasteiger partial charge on any atom is 0.142 e. The van der Waals surface area contributed by atoms with Crippen molar-refractivity contribution in [3.05, 3.63) is 0 Å². The minimum Gasteiger partial charge on any atom is -0.299 e. The van der Waals surface area contributed by atoms with Crippen LogP contribution in [0.15, 0.2) is 0 Å². The fourth-order valence-electron chi connectivity index (χ4n) is 1.98. The van der Waals surface area contributed by atoms with E-state index in [1.54, 1.807) is 0 Å². The molecule has 1 nitrogen and oxygen atoms in total. The summed E-state index contributed by atoms with van der Waals surface area (Å²) in [6, 6.07) is 0. The van der Waals surface area contributed by atoms with Crippen molar-refractivity contribution in [2.45, 2.75) is 84.5 Å². The van der Waals surface area contributed by atoms with Crippen molar-refractivity contribution in [1.29, 1.82) is 0 Å². The van der Waals surface area contributed by atoms with E-state index in [0.29, 0.717) is 12.2 Å². The number of hydrogen-bond acceptors (Lipinski definition) is 2. The molecule has 0 N–H and O–H groups in total. The van der Waals surface area contributed by atoms with Gasteiger partial charge in [-0.05, 0) is 12.2 Å². The predicted octanol–water partition coefficient (Wildman–Crippen LogP) is 5.62. The highest BCUT2D eigenvalue weighted by Gasteiger charge is 1.98. The molecule has 0 saturated heterocycles. The second kappa shape index (κ2) is 15.1. The van der Waals surface area contributed by atoms with E-state index in [1.807, 2.05) is 18.7 Å². The molecule has 0 radical (unpaired) electrons. The van der Waals surface area contributed by atoms with Gasteiger partial charge < -0.3 is 0 Å². The van der Waals surface area contributed by atoms with Crippen LogP contribution in [0.5, 0.6) is 0 Å². The minimum absolute atomic E-state index is 0.395. The number of thioether (sulfide) groups is 1. The largest absolute Gasteiger partial charge is 0.299 e. The Morgan fingerprint density at radius 2 is 1.28 bits per heavy atom. The average molecular weight is 272 g/mol. The fourth-order valence-corrected chi connectivity index (χ4v) is 2.96. The van der Waals surface area contributed by atoms with E-state index >= 15 is 0 Å². The quantitative estimate of drug-likeness (QED) is 0.382. The lowest BCUT2D eigenvalue weighted by atomic mass is 10.1.